The number of nitrogens with one attached hydrogen (secondary N) is 1. The van der Waals surface area contributed by atoms with E-state index in [-0.39, 0.29) is 11.4 Å². The van der Waals surface area contributed by atoms with E-state index in [1.807, 2.05) is 17.7 Å². The number of nitrogens with zero attached hydrogens (tertiary/aromatic N) is 2. The van der Waals surface area contributed by atoms with E-state index in [1.165, 1.54) is 12.1 Å². The topological polar surface area (TPSA) is 39.1 Å². The number of rotatable bonds is 5. The highest BCUT2D eigenvalue weighted by atomic mass is 79.9. The molecule has 0 atom stereocenters. The third-order valence-electron chi connectivity index (χ3n) is 2.75. The van der Waals surface area contributed by atoms with Crippen molar-refractivity contribution in [2.24, 2.45) is 0 Å². The molecule has 0 aliphatic heterocycles. The van der Waals surface area contributed by atoms with Crippen LogP contribution in [0.2, 0.25) is 0 Å². The van der Waals surface area contributed by atoms with Gasteiger partial charge in [0.25, 0.3) is 0 Å². The third-order valence-corrected chi connectivity index (χ3v) is 3.24. The van der Waals surface area contributed by atoms with Crippen LogP contribution in [-0.2, 0) is 13.1 Å². The maximum absolute atomic E-state index is 12.4. The molecule has 2 rings (SSSR count). The van der Waals surface area contributed by atoms with Gasteiger partial charge in [0.1, 0.15) is 5.82 Å². The van der Waals surface area contributed by atoms with Gasteiger partial charge < -0.3 is 14.6 Å². The molecule has 0 amide bonds. The van der Waals surface area contributed by atoms with E-state index < -0.39 is 6.36 Å². The summed E-state index contributed by atoms with van der Waals surface area (Å²) in [6, 6.07) is 4.42. The van der Waals surface area contributed by atoms with Crippen molar-refractivity contribution in [3.05, 3.63) is 40.9 Å². The Morgan fingerprint density at radius 1 is 1.38 bits per heavy atom. The van der Waals surface area contributed by atoms with Gasteiger partial charge in [-0.15, -0.1) is 13.2 Å². The monoisotopic (exact) mass is 363 g/mol. The van der Waals surface area contributed by atoms with Gasteiger partial charge in [0.05, 0.1) is 12.2 Å². The maximum Gasteiger partial charge on any atom is 0.573 e. The van der Waals surface area contributed by atoms with Crippen LogP contribution in [0.25, 0.3) is 0 Å². The number of anilines is 1. The Labute approximate surface area is 128 Å². The minimum Gasteiger partial charge on any atom is -0.404 e. The molecule has 1 heterocycles. The van der Waals surface area contributed by atoms with Gasteiger partial charge in [-0.2, -0.15) is 0 Å². The average molecular weight is 364 g/mol. The van der Waals surface area contributed by atoms with E-state index in [9.17, 15) is 13.2 Å². The van der Waals surface area contributed by atoms with Crippen molar-refractivity contribution in [3.63, 3.8) is 0 Å². The van der Waals surface area contributed by atoms with Crippen LogP contribution < -0.4 is 10.1 Å². The molecule has 0 radical (unpaired) electrons. The summed E-state index contributed by atoms with van der Waals surface area (Å²) in [5, 5.41) is 2.91. The highest BCUT2D eigenvalue weighted by Crippen LogP contribution is 2.33. The van der Waals surface area contributed by atoms with Crippen molar-refractivity contribution >= 4 is 21.6 Å². The number of hydrogen-bond acceptors (Lipinski definition) is 3. The Morgan fingerprint density at radius 2 is 2.14 bits per heavy atom. The van der Waals surface area contributed by atoms with Crippen LogP contribution in [0.3, 0.4) is 0 Å². The zero-order chi connectivity index (χ0) is 15.5. The summed E-state index contributed by atoms with van der Waals surface area (Å²) in [6.45, 7) is 3.00. The molecule has 0 aliphatic rings. The van der Waals surface area contributed by atoms with Crippen LogP contribution in [-0.4, -0.2) is 15.9 Å². The van der Waals surface area contributed by atoms with Gasteiger partial charge in [-0.25, -0.2) is 4.98 Å². The van der Waals surface area contributed by atoms with E-state index in [1.54, 1.807) is 12.3 Å². The van der Waals surface area contributed by atoms with Crippen LogP contribution in [0.4, 0.5) is 18.9 Å². The number of aromatic nitrogens is 2. The standard InChI is InChI=1S/C13H13BrF3N3O/c1-2-20-6-5-18-12(20)8-19-10-4-3-9(14)7-11(10)21-13(15,16)17/h3-7,19H,2,8H2,1H3. The Hall–Kier alpha value is -1.70. The van der Waals surface area contributed by atoms with E-state index in [2.05, 4.69) is 31.0 Å². The number of benzene rings is 1. The summed E-state index contributed by atoms with van der Waals surface area (Å²) >= 11 is 3.12. The molecule has 1 N–H and O–H groups in total. The van der Waals surface area contributed by atoms with Gasteiger partial charge >= 0.3 is 6.36 Å². The van der Waals surface area contributed by atoms with Crippen LogP contribution >= 0.6 is 15.9 Å². The van der Waals surface area contributed by atoms with Gasteiger partial charge in [0, 0.05) is 23.4 Å². The zero-order valence-corrected chi connectivity index (χ0v) is 12.7. The molecule has 0 saturated carbocycles. The summed E-state index contributed by atoms with van der Waals surface area (Å²) in [5.74, 6) is 0.449. The number of imidazole rings is 1. The van der Waals surface area contributed by atoms with Crippen molar-refractivity contribution in [2.45, 2.75) is 26.4 Å². The fourth-order valence-corrected chi connectivity index (χ4v) is 2.16. The molecule has 1 aromatic carbocycles. The second-order valence-electron chi connectivity index (χ2n) is 4.17. The predicted molar refractivity (Wildman–Crippen MR) is 76.1 cm³/mol. The average Bonchev–Trinajstić information content (AvgIpc) is 2.83. The quantitative estimate of drug-likeness (QED) is 0.866. The largest absolute Gasteiger partial charge is 0.573 e. The molecule has 0 unspecified atom stereocenters. The Balaban J connectivity index is 2.16. The molecule has 2 aromatic rings. The van der Waals surface area contributed by atoms with Crippen LogP contribution in [0, 0.1) is 0 Å². The summed E-state index contributed by atoms with van der Waals surface area (Å²) in [7, 11) is 0. The SMILES string of the molecule is CCn1ccnc1CNc1ccc(Br)cc1OC(F)(F)F. The number of halogens is 4. The number of alkyl halides is 3. The maximum atomic E-state index is 12.4. The fraction of sp³-hybridized carbons (Fsp3) is 0.308. The van der Waals surface area contributed by atoms with Crippen molar-refractivity contribution < 1.29 is 17.9 Å². The lowest BCUT2D eigenvalue weighted by Crippen LogP contribution is -2.18. The summed E-state index contributed by atoms with van der Waals surface area (Å²) < 4.78 is 43.6. The Bertz CT molecular complexity index is 613. The molecule has 1 aromatic heterocycles. The molecule has 0 spiro atoms. The Kier molecular flexibility index (Phi) is 4.76. The molecular formula is C13H13BrF3N3O. The van der Waals surface area contributed by atoms with Gasteiger partial charge in [0.2, 0.25) is 0 Å². The molecule has 21 heavy (non-hydrogen) atoms. The molecule has 0 bridgehead atoms. The summed E-state index contributed by atoms with van der Waals surface area (Å²) in [4.78, 5) is 4.15. The molecule has 4 nitrogen and oxygen atoms in total. The molecule has 0 aliphatic carbocycles. The number of ether oxygens (including phenoxy) is 1. The molecule has 0 fully saturated rings. The van der Waals surface area contributed by atoms with Gasteiger partial charge in [-0.1, -0.05) is 15.9 Å². The first kappa shape index (κ1) is 15.7. The Morgan fingerprint density at radius 3 is 2.81 bits per heavy atom. The summed E-state index contributed by atoms with van der Waals surface area (Å²) in [6.07, 6.45) is -1.28. The first-order chi connectivity index (χ1) is 9.89. The molecule has 8 heteroatoms. The van der Waals surface area contributed by atoms with E-state index >= 15 is 0 Å². The summed E-state index contributed by atoms with van der Waals surface area (Å²) in [5.41, 5.74) is 0.251. The lowest BCUT2D eigenvalue weighted by atomic mass is 10.3. The van der Waals surface area contributed by atoms with E-state index in [4.69, 9.17) is 0 Å². The third kappa shape index (κ3) is 4.38. The number of hydrogen-bond donors (Lipinski definition) is 1. The van der Waals surface area contributed by atoms with Crippen molar-refractivity contribution in [1.29, 1.82) is 0 Å². The lowest BCUT2D eigenvalue weighted by molar-refractivity contribution is -0.274. The van der Waals surface area contributed by atoms with E-state index in [0.717, 1.165) is 12.4 Å². The van der Waals surface area contributed by atoms with Crippen LogP contribution in [0.5, 0.6) is 5.75 Å². The predicted octanol–water partition coefficient (Wildman–Crippen LogP) is 4.18. The fourth-order valence-electron chi connectivity index (χ4n) is 1.82. The highest BCUT2D eigenvalue weighted by molar-refractivity contribution is 9.10. The van der Waals surface area contributed by atoms with E-state index in [0.29, 0.717) is 11.0 Å². The second-order valence-corrected chi connectivity index (χ2v) is 5.09. The van der Waals surface area contributed by atoms with Gasteiger partial charge in [0.15, 0.2) is 5.75 Å². The van der Waals surface area contributed by atoms with Crippen molar-refractivity contribution in [1.82, 2.24) is 9.55 Å². The minimum absolute atomic E-state index is 0.251. The molecule has 0 saturated heterocycles. The lowest BCUT2D eigenvalue weighted by Gasteiger charge is -2.15. The van der Waals surface area contributed by atoms with Gasteiger partial charge in [-0.3, -0.25) is 0 Å². The normalized spacial score (nSPS) is 11.5. The molecular weight excluding hydrogens is 351 g/mol. The van der Waals surface area contributed by atoms with Crippen LogP contribution in [0.15, 0.2) is 35.1 Å². The molecule has 114 valence electrons. The van der Waals surface area contributed by atoms with Crippen molar-refractivity contribution in [3.8, 4) is 5.75 Å². The number of aryl methyl sites for hydroxylation is 1. The first-order valence-electron chi connectivity index (χ1n) is 6.18. The van der Waals surface area contributed by atoms with Gasteiger partial charge in [-0.05, 0) is 25.1 Å². The first-order valence-corrected chi connectivity index (χ1v) is 6.97. The minimum atomic E-state index is -4.74. The smallest absolute Gasteiger partial charge is 0.404 e. The highest BCUT2D eigenvalue weighted by Gasteiger charge is 2.32. The van der Waals surface area contributed by atoms with Crippen LogP contribution in [0.1, 0.15) is 12.7 Å². The zero-order valence-electron chi connectivity index (χ0n) is 11.1. The van der Waals surface area contributed by atoms with Crippen molar-refractivity contribution in [2.75, 3.05) is 5.32 Å². The second kappa shape index (κ2) is 6.38.